The van der Waals surface area contributed by atoms with Gasteiger partial charge in [0.2, 0.25) is 11.1 Å². The first-order chi connectivity index (χ1) is 14.5. The van der Waals surface area contributed by atoms with Crippen LogP contribution in [0.25, 0.3) is 11.4 Å². The Morgan fingerprint density at radius 2 is 1.87 bits per heavy atom. The highest BCUT2D eigenvalue weighted by Gasteiger charge is 2.13. The number of aromatic amines is 1. The Morgan fingerprint density at radius 1 is 1.13 bits per heavy atom. The van der Waals surface area contributed by atoms with E-state index < -0.39 is 5.97 Å². The van der Waals surface area contributed by atoms with Crippen molar-refractivity contribution < 1.29 is 19.1 Å². The second-order valence-electron chi connectivity index (χ2n) is 6.54. The van der Waals surface area contributed by atoms with Crippen molar-refractivity contribution in [3.8, 4) is 17.1 Å². The SMILES string of the molecule is COc1ccccc1-c1nc(SCC(=O)Nc2ccc(C(=O)OC(C)C)cc2)n[nH]1. The number of nitrogens with one attached hydrogen (secondary N) is 2. The largest absolute Gasteiger partial charge is 0.496 e. The van der Waals surface area contributed by atoms with Gasteiger partial charge in [-0.1, -0.05) is 23.9 Å². The minimum Gasteiger partial charge on any atom is -0.496 e. The number of aromatic nitrogens is 3. The normalized spacial score (nSPS) is 10.7. The summed E-state index contributed by atoms with van der Waals surface area (Å²) in [6, 6.07) is 14.0. The second-order valence-corrected chi connectivity index (χ2v) is 7.48. The molecule has 0 unspecified atom stereocenters. The summed E-state index contributed by atoms with van der Waals surface area (Å²) in [4.78, 5) is 28.5. The number of benzene rings is 2. The summed E-state index contributed by atoms with van der Waals surface area (Å²) in [7, 11) is 1.59. The topological polar surface area (TPSA) is 106 Å². The van der Waals surface area contributed by atoms with Gasteiger partial charge in [-0.05, 0) is 50.2 Å². The van der Waals surface area contributed by atoms with E-state index in [1.807, 2.05) is 24.3 Å². The maximum Gasteiger partial charge on any atom is 0.338 e. The van der Waals surface area contributed by atoms with Crippen molar-refractivity contribution in [2.24, 2.45) is 0 Å². The minimum atomic E-state index is -0.395. The lowest BCUT2D eigenvalue weighted by atomic mass is 10.2. The number of methoxy groups -OCH3 is 1. The Labute approximate surface area is 178 Å². The number of H-pyrrole nitrogens is 1. The monoisotopic (exact) mass is 426 g/mol. The molecule has 1 heterocycles. The molecule has 0 fully saturated rings. The number of nitrogens with zero attached hydrogens (tertiary/aromatic N) is 2. The Bertz CT molecular complexity index is 1020. The van der Waals surface area contributed by atoms with E-state index in [2.05, 4.69) is 20.5 Å². The van der Waals surface area contributed by atoms with E-state index >= 15 is 0 Å². The molecule has 0 aliphatic heterocycles. The van der Waals surface area contributed by atoms with Gasteiger partial charge in [0.15, 0.2) is 5.82 Å². The smallest absolute Gasteiger partial charge is 0.338 e. The van der Waals surface area contributed by atoms with E-state index in [9.17, 15) is 9.59 Å². The molecule has 9 heteroatoms. The van der Waals surface area contributed by atoms with E-state index in [4.69, 9.17) is 9.47 Å². The van der Waals surface area contributed by atoms with Gasteiger partial charge in [-0.15, -0.1) is 5.10 Å². The highest BCUT2D eigenvalue weighted by molar-refractivity contribution is 7.99. The molecule has 0 atom stereocenters. The molecular weight excluding hydrogens is 404 g/mol. The zero-order valence-electron chi connectivity index (χ0n) is 16.8. The number of esters is 1. The number of thioether (sulfide) groups is 1. The molecule has 0 bridgehead atoms. The van der Waals surface area contributed by atoms with Crippen LogP contribution in [-0.4, -0.2) is 46.0 Å². The van der Waals surface area contributed by atoms with Crippen LogP contribution in [0.1, 0.15) is 24.2 Å². The average molecular weight is 426 g/mol. The number of amides is 1. The molecule has 0 aliphatic rings. The molecule has 1 amide bonds. The van der Waals surface area contributed by atoms with Gasteiger partial charge in [-0.25, -0.2) is 9.78 Å². The average Bonchev–Trinajstić information content (AvgIpc) is 3.21. The third-order valence-electron chi connectivity index (χ3n) is 3.91. The van der Waals surface area contributed by atoms with Crippen LogP contribution in [0.4, 0.5) is 5.69 Å². The fourth-order valence-corrected chi connectivity index (χ4v) is 3.17. The van der Waals surface area contributed by atoms with Gasteiger partial charge >= 0.3 is 5.97 Å². The molecular formula is C21H22N4O4S. The van der Waals surface area contributed by atoms with Gasteiger partial charge in [0.25, 0.3) is 0 Å². The van der Waals surface area contributed by atoms with Gasteiger partial charge in [-0.2, -0.15) is 0 Å². The van der Waals surface area contributed by atoms with Gasteiger partial charge in [-0.3, -0.25) is 9.89 Å². The number of rotatable bonds is 8. The van der Waals surface area contributed by atoms with Crippen LogP contribution in [0.15, 0.2) is 53.7 Å². The van der Waals surface area contributed by atoms with Gasteiger partial charge in [0.05, 0.1) is 30.1 Å². The molecule has 0 saturated carbocycles. The molecule has 8 nitrogen and oxygen atoms in total. The Hall–Kier alpha value is -3.33. The molecule has 1 aromatic heterocycles. The Morgan fingerprint density at radius 3 is 2.57 bits per heavy atom. The van der Waals surface area contributed by atoms with Crippen molar-refractivity contribution >= 4 is 29.3 Å². The fraction of sp³-hybridized carbons (Fsp3) is 0.238. The maximum atomic E-state index is 12.2. The number of hydrogen-bond donors (Lipinski definition) is 2. The van der Waals surface area contributed by atoms with E-state index in [1.54, 1.807) is 45.2 Å². The van der Waals surface area contributed by atoms with Crippen LogP contribution in [0.2, 0.25) is 0 Å². The molecule has 0 spiro atoms. The first-order valence-corrected chi connectivity index (χ1v) is 10.2. The summed E-state index contributed by atoms with van der Waals surface area (Å²) in [5.74, 6) is 0.790. The van der Waals surface area contributed by atoms with Gasteiger partial charge in [0.1, 0.15) is 5.75 Å². The van der Waals surface area contributed by atoms with E-state index in [1.165, 1.54) is 11.8 Å². The second kappa shape index (κ2) is 9.93. The Balaban J connectivity index is 1.54. The molecule has 3 rings (SSSR count). The predicted octanol–water partition coefficient (Wildman–Crippen LogP) is 3.78. The standard InChI is InChI=1S/C21H22N4O4S/c1-13(2)29-20(27)14-8-10-15(11-9-14)22-18(26)12-30-21-23-19(24-25-21)16-6-4-5-7-17(16)28-3/h4-11,13H,12H2,1-3H3,(H,22,26)(H,23,24,25). The summed E-state index contributed by atoms with van der Waals surface area (Å²) in [6.07, 6.45) is -0.187. The lowest BCUT2D eigenvalue weighted by molar-refractivity contribution is -0.113. The highest BCUT2D eigenvalue weighted by Crippen LogP contribution is 2.28. The third-order valence-corrected chi connectivity index (χ3v) is 4.75. The molecule has 30 heavy (non-hydrogen) atoms. The molecule has 0 saturated heterocycles. The summed E-state index contributed by atoms with van der Waals surface area (Å²) < 4.78 is 10.5. The van der Waals surface area contributed by atoms with Crippen molar-refractivity contribution in [2.75, 3.05) is 18.2 Å². The van der Waals surface area contributed by atoms with Crippen LogP contribution in [0.5, 0.6) is 5.75 Å². The number of para-hydroxylation sites is 1. The molecule has 0 aliphatic carbocycles. The van der Waals surface area contributed by atoms with Crippen molar-refractivity contribution in [1.82, 2.24) is 15.2 Å². The van der Waals surface area contributed by atoms with E-state index in [-0.39, 0.29) is 17.8 Å². The van der Waals surface area contributed by atoms with Gasteiger partial charge < -0.3 is 14.8 Å². The summed E-state index contributed by atoms with van der Waals surface area (Å²) in [6.45, 7) is 3.58. The lowest BCUT2D eigenvalue weighted by Gasteiger charge is -2.08. The van der Waals surface area contributed by atoms with Gasteiger partial charge in [0, 0.05) is 5.69 Å². The fourth-order valence-electron chi connectivity index (χ4n) is 2.57. The highest BCUT2D eigenvalue weighted by atomic mass is 32.2. The van der Waals surface area contributed by atoms with Crippen LogP contribution in [0, 0.1) is 0 Å². The van der Waals surface area contributed by atoms with E-state index in [0.29, 0.717) is 28.0 Å². The Kier molecular flexibility index (Phi) is 7.08. The molecule has 0 radical (unpaired) electrons. The number of ether oxygens (including phenoxy) is 2. The number of hydrogen-bond acceptors (Lipinski definition) is 7. The zero-order valence-corrected chi connectivity index (χ0v) is 17.7. The van der Waals surface area contributed by atoms with Crippen molar-refractivity contribution in [3.63, 3.8) is 0 Å². The van der Waals surface area contributed by atoms with Crippen LogP contribution in [-0.2, 0) is 9.53 Å². The number of anilines is 1. The summed E-state index contributed by atoms with van der Waals surface area (Å²) in [5.41, 5.74) is 1.81. The van der Waals surface area contributed by atoms with Crippen LogP contribution < -0.4 is 10.1 Å². The molecule has 2 N–H and O–H groups in total. The predicted molar refractivity (Wildman–Crippen MR) is 115 cm³/mol. The first kappa shape index (κ1) is 21.4. The zero-order chi connectivity index (χ0) is 21.5. The van der Waals surface area contributed by atoms with Crippen molar-refractivity contribution in [1.29, 1.82) is 0 Å². The third kappa shape index (κ3) is 5.60. The van der Waals surface area contributed by atoms with E-state index in [0.717, 1.165) is 5.56 Å². The molecule has 3 aromatic rings. The quantitative estimate of drug-likeness (QED) is 0.417. The lowest BCUT2D eigenvalue weighted by Crippen LogP contribution is -2.15. The summed E-state index contributed by atoms with van der Waals surface area (Å²) >= 11 is 1.21. The summed E-state index contributed by atoms with van der Waals surface area (Å²) in [5, 5.41) is 10.2. The van der Waals surface area contributed by atoms with Crippen molar-refractivity contribution in [3.05, 3.63) is 54.1 Å². The number of carbonyl (C=O) groups is 2. The minimum absolute atomic E-state index is 0.139. The van der Waals surface area contributed by atoms with Crippen LogP contribution >= 0.6 is 11.8 Å². The maximum absolute atomic E-state index is 12.2. The first-order valence-electron chi connectivity index (χ1n) is 9.25. The molecule has 156 valence electrons. The van der Waals surface area contributed by atoms with Crippen LogP contribution in [0.3, 0.4) is 0 Å². The number of carbonyl (C=O) groups excluding carboxylic acids is 2. The molecule has 2 aromatic carbocycles. The van der Waals surface area contributed by atoms with Crippen molar-refractivity contribution in [2.45, 2.75) is 25.1 Å².